The molecule has 0 aliphatic carbocycles. The maximum Gasteiger partial charge on any atom is 0.319 e. The molecule has 3 aliphatic heterocycles. The molecule has 0 saturated carbocycles. The number of piperidine rings is 2. The summed E-state index contributed by atoms with van der Waals surface area (Å²) in [5.74, 6) is 1.51. The molecular weight excluding hydrogens is 375 g/mol. The van der Waals surface area contributed by atoms with E-state index in [9.17, 15) is 9.18 Å². The quantitative estimate of drug-likeness (QED) is 0.768. The Morgan fingerprint density at radius 1 is 1.14 bits per heavy atom. The number of benzene rings is 1. The molecule has 0 radical (unpaired) electrons. The molecule has 2 saturated heterocycles. The molecule has 0 N–H and O–H groups in total. The van der Waals surface area contributed by atoms with Crippen molar-refractivity contribution in [2.24, 2.45) is 5.92 Å². The third-order valence-corrected chi connectivity index (χ3v) is 7.42. The van der Waals surface area contributed by atoms with Crippen LogP contribution in [-0.2, 0) is 0 Å². The van der Waals surface area contributed by atoms with E-state index in [2.05, 4.69) is 9.80 Å². The third kappa shape index (κ3) is 4.25. The molecule has 154 valence electrons. The van der Waals surface area contributed by atoms with Crippen molar-refractivity contribution < 1.29 is 9.18 Å². The lowest BCUT2D eigenvalue weighted by Gasteiger charge is -2.40. The van der Waals surface area contributed by atoms with Crippen LogP contribution in [0.3, 0.4) is 0 Å². The van der Waals surface area contributed by atoms with Crippen molar-refractivity contribution in [2.75, 3.05) is 57.6 Å². The zero-order chi connectivity index (χ0) is 19.7. The number of hydrogen-bond acceptors (Lipinski definition) is 4. The molecule has 0 unspecified atom stereocenters. The van der Waals surface area contributed by atoms with Crippen LogP contribution >= 0.6 is 11.8 Å². The predicted octanol–water partition coefficient (Wildman–Crippen LogP) is 3.55. The van der Waals surface area contributed by atoms with Gasteiger partial charge in [-0.1, -0.05) is 0 Å². The van der Waals surface area contributed by atoms with E-state index in [0.717, 1.165) is 56.3 Å². The molecule has 7 heteroatoms. The van der Waals surface area contributed by atoms with E-state index >= 15 is 0 Å². The molecule has 1 aromatic rings. The first kappa shape index (κ1) is 19.8. The lowest BCUT2D eigenvalue weighted by molar-refractivity contribution is 0.121. The fourth-order valence-electron chi connectivity index (χ4n) is 4.72. The summed E-state index contributed by atoms with van der Waals surface area (Å²) in [4.78, 5) is 21.9. The molecule has 4 rings (SSSR count). The number of urea groups is 1. The number of fused-ring (bicyclic) bond motifs is 1. The molecule has 5 nitrogen and oxygen atoms in total. The summed E-state index contributed by atoms with van der Waals surface area (Å²) in [5.41, 5.74) is 1.21. The Kier molecular flexibility index (Phi) is 6.01. The van der Waals surface area contributed by atoms with Gasteiger partial charge in [0.05, 0.1) is 11.6 Å². The molecular formula is C21H31FN4OS. The molecule has 0 spiro atoms. The summed E-state index contributed by atoms with van der Waals surface area (Å²) in [6.45, 7) is 5.21. The van der Waals surface area contributed by atoms with Crippen LogP contribution in [0.5, 0.6) is 0 Å². The minimum atomic E-state index is -0.138. The molecule has 2 amide bonds. The van der Waals surface area contributed by atoms with Crippen LogP contribution in [0.4, 0.5) is 14.9 Å². The van der Waals surface area contributed by atoms with E-state index in [1.54, 1.807) is 28.8 Å². The number of nitrogens with zero attached hydrogens (tertiary/aromatic N) is 4. The van der Waals surface area contributed by atoms with Gasteiger partial charge in [0.25, 0.3) is 0 Å². The van der Waals surface area contributed by atoms with Crippen LogP contribution in [0.2, 0.25) is 0 Å². The largest absolute Gasteiger partial charge is 0.358 e. The SMILES string of the molecule is CN(C)C(=O)N1CCC(CN2CCC(N3CSc4cc(F)ccc43)CC2)CC1. The van der Waals surface area contributed by atoms with Gasteiger partial charge in [0.2, 0.25) is 0 Å². The van der Waals surface area contributed by atoms with Gasteiger partial charge in [-0.3, -0.25) is 0 Å². The molecule has 3 heterocycles. The second-order valence-electron chi connectivity index (χ2n) is 8.49. The molecule has 0 aromatic heterocycles. The first-order valence-corrected chi connectivity index (χ1v) is 11.4. The number of hydrogen-bond donors (Lipinski definition) is 0. The normalized spacial score (nSPS) is 21.8. The van der Waals surface area contributed by atoms with E-state index in [1.165, 1.54) is 18.5 Å². The molecule has 2 fully saturated rings. The molecule has 0 bridgehead atoms. The van der Waals surface area contributed by atoms with Gasteiger partial charge in [0, 0.05) is 57.8 Å². The maximum atomic E-state index is 13.5. The van der Waals surface area contributed by atoms with E-state index in [-0.39, 0.29) is 11.8 Å². The summed E-state index contributed by atoms with van der Waals surface area (Å²) in [7, 11) is 3.65. The summed E-state index contributed by atoms with van der Waals surface area (Å²) in [6, 6.07) is 5.90. The van der Waals surface area contributed by atoms with E-state index in [0.29, 0.717) is 12.0 Å². The van der Waals surface area contributed by atoms with Crippen molar-refractivity contribution >= 4 is 23.5 Å². The summed E-state index contributed by atoms with van der Waals surface area (Å²) in [6.07, 6.45) is 4.58. The van der Waals surface area contributed by atoms with E-state index < -0.39 is 0 Å². The topological polar surface area (TPSA) is 30.0 Å². The lowest BCUT2D eigenvalue weighted by atomic mass is 9.94. The average molecular weight is 407 g/mol. The maximum absolute atomic E-state index is 13.5. The number of halogens is 1. The Morgan fingerprint density at radius 2 is 1.86 bits per heavy atom. The number of anilines is 1. The van der Waals surface area contributed by atoms with Crippen molar-refractivity contribution in [3.63, 3.8) is 0 Å². The number of likely N-dealkylation sites (tertiary alicyclic amines) is 2. The Bertz CT molecular complexity index is 700. The number of carbonyl (C=O) groups is 1. The fourth-order valence-corrected chi connectivity index (χ4v) is 5.88. The average Bonchev–Trinajstić information content (AvgIpc) is 3.11. The standard InChI is InChI=1S/C21H31FN4OS/c1-23(2)21(27)25-11-5-16(6-12-25)14-24-9-7-18(8-10-24)26-15-28-20-13-17(22)3-4-19(20)26/h3-4,13,16,18H,5-12,14-15H2,1-2H3. The highest BCUT2D eigenvalue weighted by Crippen LogP contribution is 2.41. The number of amides is 2. The van der Waals surface area contributed by atoms with E-state index in [4.69, 9.17) is 0 Å². The zero-order valence-corrected chi connectivity index (χ0v) is 17.8. The third-order valence-electron chi connectivity index (χ3n) is 6.37. The highest BCUT2D eigenvalue weighted by molar-refractivity contribution is 7.99. The second-order valence-corrected chi connectivity index (χ2v) is 9.48. The lowest BCUT2D eigenvalue weighted by Crippen LogP contribution is -2.48. The zero-order valence-electron chi connectivity index (χ0n) is 16.9. The Hall–Kier alpha value is -1.47. The van der Waals surface area contributed by atoms with Crippen molar-refractivity contribution in [3.8, 4) is 0 Å². The van der Waals surface area contributed by atoms with Crippen LogP contribution in [-0.4, -0.2) is 79.5 Å². The molecule has 28 heavy (non-hydrogen) atoms. The van der Waals surface area contributed by atoms with Crippen LogP contribution in [0.1, 0.15) is 25.7 Å². The monoisotopic (exact) mass is 406 g/mol. The van der Waals surface area contributed by atoms with Crippen molar-refractivity contribution in [1.29, 1.82) is 0 Å². The number of carbonyl (C=O) groups excluding carboxylic acids is 1. The van der Waals surface area contributed by atoms with Crippen molar-refractivity contribution in [1.82, 2.24) is 14.7 Å². The van der Waals surface area contributed by atoms with Gasteiger partial charge in [0.1, 0.15) is 5.82 Å². The number of thioether (sulfide) groups is 1. The minimum absolute atomic E-state index is 0.138. The summed E-state index contributed by atoms with van der Waals surface area (Å²) < 4.78 is 13.5. The van der Waals surface area contributed by atoms with Crippen LogP contribution in [0.15, 0.2) is 23.1 Å². The van der Waals surface area contributed by atoms with Gasteiger partial charge in [-0.05, 0) is 49.8 Å². The van der Waals surface area contributed by atoms with Gasteiger partial charge >= 0.3 is 6.03 Å². The summed E-state index contributed by atoms with van der Waals surface area (Å²) in [5, 5.41) is 0. The second kappa shape index (κ2) is 8.49. The fraction of sp³-hybridized carbons (Fsp3) is 0.667. The predicted molar refractivity (Wildman–Crippen MR) is 112 cm³/mol. The van der Waals surface area contributed by atoms with Gasteiger partial charge < -0.3 is 19.6 Å². The molecule has 0 atom stereocenters. The Labute approximate surface area is 171 Å². The Morgan fingerprint density at radius 3 is 2.54 bits per heavy atom. The van der Waals surface area contributed by atoms with Crippen molar-refractivity contribution in [2.45, 2.75) is 36.6 Å². The minimum Gasteiger partial charge on any atom is -0.358 e. The first-order valence-electron chi connectivity index (χ1n) is 10.4. The first-order chi connectivity index (χ1) is 13.5. The van der Waals surface area contributed by atoms with Gasteiger partial charge in [-0.25, -0.2) is 9.18 Å². The van der Waals surface area contributed by atoms with E-state index in [1.807, 2.05) is 25.1 Å². The van der Waals surface area contributed by atoms with Crippen LogP contribution < -0.4 is 4.90 Å². The summed E-state index contributed by atoms with van der Waals surface area (Å²) >= 11 is 1.75. The van der Waals surface area contributed by atoms with Gasteiger partial charge in [0.15, 0.2) is 0 Å². The number of rotatable bonds is 3. The highest BCUT2D eigenvalue weighted by atomic mass is 32.2. The molecule has 3 aliphatic rings. The smallest absolute Gasteiger partial charge is 0.319 e. The highest BCUT2D eigenvalue weighted by Gasteiger charge is 2.31. The van der Waals surface area contributed by atoms with Crippen molar-refractivity contribution in [3.05, 3.63) is 24.0 Å². The van der Waals surface area contributed by atoms with Gasteiger partial charge in [-0.2, -0.15) is 0 Å². The molecule has 1 aromatic carbocycles. The van der Waals surface area contributed by atoms with Gasteiger partial charge in [-0.15, -0.1) is 11.8 Å². The van der Waals surface area contributed by atoms with Crippen LogP contribution in [0, 0.1) is 11.7 Å². The van der Waals surface area contributed by atoms with Crippen LogP contribution in [0.25, 0.3) is 0 Å². The Balaban J connectivity index is 1.23.